The van der Waals surface area contributed by atoms with E-state index in [4.69, 9.17) is 0 Å². The molecule has 0 spiro atoms. The van der Waals surface area contributed by atoms with Crippen LogP contribution in [0.5, 0.6) is 0 Å². The fourth-order valence-corrected chi connectivity index (χ4v) is 3.61. The molecular weight excluding hydrogens is 286 g/mol. The molecular formula is C19H23N3O. The Morgan fingerprint density at radius 3 is 2.78 bits per heavy atom. The first-order chi connectivity index (χ1) is 11.3. The molecule has 0 radical (unpaired) electrons. The number of aryl methyl sites for hydroxylation is 1. The van der Waals surface area contributed by atoms with Crippen LogP contribution in [0.15, 0.2) is 41.5 Å². The fourth-order valence-electron chi connectivity index (χ4n) is 3.61. The first-order valence-electron chi connectivity index (χ1n) is 8.70. The molecule has 1 aromatic heterocycles. The zero-order valence-corrected chi connectivity index (χ0v) is 13.4. The Balaban J connectivity index is 1.46. The summed E-state index contributed by atoms with van der Waals surface area (Å²) in [6, 6.07) is 10.3. The van der Waals surface area contributed by atoms with Crippen LogP contribution in [0.25, 0.3) is 0 Å². The van der Waals surface area contributed by atoms with E-state index in [1.165, 1.54) is 36.9 Å². The number of hydrogen-bond acceptors (Lipinski definition) is 3. The Morgan fingerprint density at radius 2 is 2.00 bits per heavy atom. The van der Waals surface area contributed by atoms with E-state index in [0.717, 1.165) is 25.2 Å². The lowest BCUT2D eigenvalue weighted by molar-refractivity contribution is 0.408. The SMILES string of the molecule is O=c1cc(C2CCC2)ncn1CCN1CCCc2ccccc21. The predicted molar refractivity (Wildman–Crippen MR) is 92.1 cm³/mol. The molecule has 1 aromatic carbocycles. The van der Waals surface area contributed by atoms with Crippen molar-refractivity contribution in [2.75, 3.05) is 18.0 Å². The predicted octanol–water partition coefficient (Wildman–Crippen LogP) is 2.96. The van der Waals surface area contributed by atoms with Crippen molar-refractivity contribution in [1.82, 2.24) is 9.55 Å². The lowest BCUT2D eigenvalue weighted by Gasteiger charge is -2.31. The summed E-state index contributed by atoms with van der Waals surface area (Å²) < 4.78 is 1.75. The standard InChI is InChI=1S/C19H23N3O/c23-19-13-17(15-6-3-7-15)20-14-22(19)12-11-21-10-4-8-16-5-1-2-9-18(16)21/h1-2,5,9,13-15H,3-4,6-8,10-12H2. The van der Waals surface area contributed by atoms with Gasteiger partial charge in [0.2, 0.25) is 0 Å². The van der Waals surface area contributed by atoms with Crippen molar-refractivity contribution in [2.45, 2.75) is 44.6 Å². The lowest BCUT2D eigenvalue weighted by atomic mass is 9.83. The van der Waals surface area contributed by atoms with Gasteiger partial charge >= 0.3 is 0 Å². The fraction of sp³-hybridized carbons (Fsp3) is 0.474. The van der Waals surface area contributed by atoms with Crippen LogP contribution >= 0.6 is 0 Å². The number of nitrogens with zero attached hydrogens (tertiary/aromatic N) is 3. The molecule has 4 nitrogen and oxygen atoms in total. The van der Waals surface area contributed by atoms with Gasteiger partial charge in [0.25, 0.3) is 5.56 Å². The highest BCUT2D eigenvalue weighted by atomic mass is 16.1. The molecule has 0 atom stereocenters. The van der Waals surface area contributed by atoms with E-state index >= 15 is 0 Å². The van der Waals surface area contributed by atoms with Crippen molar-refractivity contribution in [3.8, 4) is 0 Å². The number of anilines is 1. The molecule has 0 saturated heterocycles. The molecule has 0 N–H and O–H groups in total. The van der Waals surface area contributed by atoms with E-state index in [9.17, 15) is 4.79 Å². The average molecular weight is 309 g/mol. The number of benzene rings is 1. The molecule has 2 aromatic rings. The minimum Gasteiger partial charge on any atom is -0.370 e. The van der Waals surface area contributed by atoms with Crippen molar-refractivity contribution in [2.24, 2.45) is 0 Å². The van der Waals surface area contributed by atoms with Gasteiger partial charge in [0.1, 0.15) is 0 Å². The first-order valence-corrected chi connectivity index (χ1v) is 8.70. The summed E-state index contributed by atoms with van der Waals surface area (Å²) >= 11 is 0. The van der Waals surface area contributed by atoms with E-state index < -0.39 is 0 Å². The highest BCUT2D eigenvalue weighted by Crippen LogP contribution is 2.34. The Labute approximate surface area is 136 Å². The van der Waals surface area contributed by atoms with E-state index in [1.54, 1.807) is 17.0 Å². The quantitative estimate of drug-likeness (QED) is 0.871. The van der Waals surface area contributed by atoms with Crippen LogP contribution in [0, 0.1) is 0 Å². The number of rotatable bonds is 4. The normalized spacial score (nSPS) is 17.7. The Kier molecular flexibility index (Phi) is 3.90. The summed E-state index contributed by atoms with van der Waals surface area (Å²) in [5.41, 5.74) is 3.82. The van der Waals surface area contributed by atoms with Gasteiger partial charge in [-0.1, -0.05) is 24.6 Å². The van der Waals surface area contributed by atoms with E-state index in [2.05, 4.69) is 34.1 Å². The third-order valence-corrected chi connectivity index (χ3v) is 5.24. The molecule has 1 aliphatic heterocycles. The molecule has 1 saturated carbocycles. The van der Waals surface area contributed by atoms with Crippen LogP contribution in [-0.4, -0.2) is 22.6 Å². The second-order valence-electron chi connectivity index (χ2n) is 6.69. The van der Waals surface area contributed by atoms with Gasteiger partial charge in [0, 0.05) is 37.3 Å². The van der Waals surface area contributed by atoms with Crippen LogP contribution in [0.1, 0.15) is 42.9 Å². The number of hydrogen-bond donors (Lipinski definition) is 0. The summed E-state index contributed by atoms with van der Waals surface area (Å²) in [5.74, 6) is 0.520. The Morgan fingerprint density at radius 1 is 1.13 bits per heavy atom. The van der Waals surface area contributed by atoms with Gasteiger partial charge in [-0.3, -0.25) is 9.36 Å². The highest BCUT2D eigenvalue weighted by molar-refractivity contribution is 5.55. The summed E-state index contributed by atoms with van der Waals surface area (Å²) in [5, 5.41) is 0. The van der Waals surface area contributed by atoms with Crippen molar-refractivity contribution in [3.63, 3.8) is 0 Å². The van der Waals surface area contributed by atoms with Crippen LogP contribution in [0.4, 0.5) is 5.69 Å². The maximum absolute atomic E-state index is 12.3. The van der Waals surface area contributed by atoms with Crippen LogP contribution in [0.2, 0.25) is 0 Å². The molecule has 4 heteroatoms. The molecule has 1 fully saturated rings. The summed E-state index contributed by atoms with van der Waals surface area (Å²) in [6.07, 6.45) is 7.71. The smallest absolute Gasteiger partial charge is 0.253 e. The van der Waals surface area contributed by atoms with Crippen molar-refractivity contribution >= 4 is 5.69 Å². The topological polar surface area (TPSA) is 38.1 Å². The summed E-state index contributed by atoms with van der Waals surface area (Å²) in [7, 11) is 0. The van der Waals surface area contributed by atoms with Gasteiger partial charge in [-0.25, -0.2) is 4.98 Å². The Bertz CT molecular complexity index is 748. The zero-order valence-electron chi connectivity index (χ0n) is 13.4. The average Bonchev–Trinajstić information content (AvgIpc) is 2.52. The van der Waals surface area contributed by atoms with Gasteiger partial charge in [-0.2, -0.15) is 0 Å². The monoisotopic (exact) mass is 309 g/mol. The highest BCUT2D eigenvalue weighted by Gasteiger charge is 2.21. The molecule has 23 heavy (non-hydrogen) atoms. The molecule has 1 aliphatic carbocycles. The Hall–Kier alpha value is -2.10. The van der Waals surface area contributed by atoms with Crippen LogP contribution in [-0.2, 0) is 13.0 Å². The number of aromatic nitrogens is 2. The van der Waals surface area contributed by atoms with E-state index in [0.29, 0.717) is 12.5 Å². The largest absolute Gasteiger partial charge is 0.370 e. The molecule has 0 bridgehead atoms. The molecule has 120 valence electrons. The van der Waals surface area contributed by atoms with Gasteiger partial charge in [-0.05, 0) is 37.3 Å². The maximum atomic E-state index is 12.3. The number of fused-ring (bicyclic) bond motifs is 1. The third-order valence-electron chi connectivity index (χ3n) is 5.24. The molecule has 4 rings (SSSR count). The van der Waals surface area contributed by atoms with E-state index in [-0.39, 0.29) is 5.56 Å². The second-order valence-corrected chi connectivity index (χ2v) is 6.69. The van der Waals surface area contributed by atoms with Crippen LogP contribution < -0.4 is 10.5 Å². The summed E-state index contributed by atoms with van der Waals surface area (Å²) in [4.78, 5) is 19.2. The zero-order chi connectivity index (χ0) is 15.6. The lowest BCUT2D eigenvalue weighted by Crippen LogP contribution is -2.34. The van der Waals surface area contributed by atoms with Gasteiger partial charge in [-0.15, -0.1) is 0 Å². The first kappa shape index (κ1) is 14.5. The van der Waals surface area contributed by atoms with Crippen molar-refractivity contribution in [3.05, 3.63) is 58.3 Å². The number of para-hydroxylation sites is 1. The molecule has 2 aliphatic rings. The van der Waals surface area contributed by atoms with Crippen LogP contribution in [0.3, 0.4) is 0 Å². The van der Waals surface area contributed by atoms with Gasteiger partial charge in [0.05, 0.1) is 12.0 Å². The van der Waals surface area contributed by atoms with Gasteiger partial charge in [0.15, 0.2) is 0 Å². The minimum atomic E-state index is 0.0900. The summed E-state index contributed by atoms with van der Waals surface area (Å²) in [6.45, 7) is 2.63. The maximum Gasteiger partial charge on any atom is 0.253 e. The second kappa shape index (κ2) is 6.19. The van der Waals surface area contributed by atoms with Crippen molar-refractivity contribution < 1.29 is 0 Å². The third kappa shape index (κ3) is 2.90. The van der Waals surface area contributed by atoms with E-state index in [1.807, 2.05) is 0 Å². The van der Waals surface area contributed by atoms with Gasteiger partial charge < -0.3 is 4.90 Å². The van der Waals surface area contributed by atoms with Crippen molar-refractivity contribution in [1.29, 1.82) is 0 Å². The molecule has 0 unspecified atom stereocenters. The minimum absolute atomic E-state index is 0.0900. The molecule has 0 amide bonds. The molecule has 2 heterocycles.